The Balaban J connectivity index is 1.78. The minimum atomic E-state index is -0.160. The molecule has 4 heteroatoms. The third-order valence-electron chi connectivity index (χ3n) is 3.72. The van der Waals surface area contributed by atoms with E-state index in [2.05, 4.69) is 10.3 Å². The van der Waals surface area contributed by atoms with E-state index >= 15 is 0 Å². The van der Waals surface area contributed by atoms with Crippen LogP contribution in [0.25, 0.3) is 12.2 Å². The molecule has 0 fully saturated rings. The van der Waals surface area contributed by atoms with Crippen LogP contribution in [0.15, 0.2) is 73.1 Å². The summed E-state index contributed by atoms with van der Waals surface area (Å²) in [6.07, 6.45) is 7.18. The van der Waals surface area contributed by atoms with Crippen molar-refractivity contribution in [3.8, 4) is 5.75 Å². The average molecular weight is 330 g/mol. The summed E-state index contributed by atoms with van der Waals surface area (Å²) in [7, 11) is 1.65. The molecule has 1 N–H and O–H groups in total. The molecule has 1 aromatic heterocycles. The number of pyridine rings is 1. The zero-order chi connectivity index (χ0) is 17.5. The zero-order valence-electron chi connectivity index (χ0n) is 13.8. The number of rotatable bonds is 5. The van der Waals surface area contributed by atoms with Crippen LogP contribution >= 0.6 is 0 Å². The topological polar surface area (TPSA) is 51.2 Å². The van der Waals surface area contributed by atoms with Crippen LogP contribution in [0.1, 0.15) is 21.5 Å². The molecule has 3 rings (SSSR count). The van der Waals surface area contributed by atoms with Crippen LogP contribution in [0.5, 0.6) is 5.75 Å². The van der Waals surface area contributed by atoms with E-state index in [1.54, 1.807) is 31.6 Å². The lowest BCUT2D eigenvalue weighted by Gasteiger charge is -2.08. The number of nitrogens with zero attached hydrogens (tertiary/aromatic N) is 1. The highest BCUT2D eigenvalue weighted by Crippen LogP contribution is 2.20. The number of hydrogen-bond donors (Lipinski definition) is 1. The molecule has 0 aliphatic carbocycles. The molecule has 0 unspecified atom stereocenters. The minimum Gasteiger partial charge on any atom is -0.497 e. The predicted octanol–water partition coefficient (Wildman–Crippen LogP) is 4.51. The molecular weight excluding hydrogens is 312 g/mol. The summed E-state index contributed by atoms with van der Waals surface area (Å²) >= 11 is 0. The standard InChI is InChI=1S/C21H18N2O2/c1-25-19-10-7-16(8-11-19)6-9-17-4-2-3-5-20(17)23-21(24)18-12-14-22-15-13-18/h2-15H,1H3,(H,23,24)/b9-6+. The highest BCUT2D eigenvalue weighted by atomic mass is 16.5. The van der Waals surface area contributed by atoms with E-state index in [1.165, 1.54) is 0 Å². The molecule has 4 nitrogen and oxygen atoms in total. The Morgan fingerprint density at radius 2 is 1.68 bits per heavy atom. The van der Waals surface area contributed by atoms with Crippen LogP contribution in [0.3, 0.4) is 0 Å². The first-order valence-corrected chi connectivity index (χ1v) is 7.89. The van der Waals surface area contributed by atoms with Gasteiger partial charge in [-0.15, -0.1) is 0 Å². The summed E-state index contributed by atoms with van der Waals surface area (Å²) < 4.78 is 5.16. The van der Waals surface area contributed by atoms with Gasteiger partial charge in [-0.05, 0) is 41.5 Å². The molecule has 0 atom stereocenters. The van der Waals surface area contributed by atoms with Gasteiger partial charge in [0.25, 0.3) is 5.91 Å². The molecule has 1 heterocycles. The Morgan fingerprint density at radius 1 is 0.960 bits per heavy atom. The number of nitrogens with one attached hydrogen (secondary N) is 1. The van der Waals surface area contributed by atoms with Gasteiger partial charge in [0.15, 0.2) is 0 Å². The quantitative estimate of drug-likeness (QED) is 0.700. The monoisotopic (exact) mass is 330 g/mol. The maximum absolute atomic E-state index is 12.3. The van der Waals surface area contributed by atoms with Gasteiger partial charge in [-0.3, -0.25) is 9.78 Å². The summed E-state index contributed by atoms with van der Waals surface area (Å²) in [6.45, 7) is 0. The maximum Gasteiger partial charge on any atom is 0.255 e. The van der Waals surface area contributed by atoms with E-state index in [0.29, 0.717) is 5.56 Å². The number of aromatic nitrogens is 1. The Hall–Kier alpha value is -3.40. The Bertz CT molecular complexity index is 872. The fraction of sp³-hybridized carbons (Fsp3) is 0.0476. The molecule has 124 valence electrons. The van der Waals surface area contributed by atoms with Gasteiger partial charge < -0.3 is 10.1 Å². The number of methoxy groups -OCH3 is 1. The molecule has 3 aromatic rings. The molecule has 0 bridgehead atoms. The van der Waals surface area contributed by atoms with E-state index in [1.807, 2.05) is 60.7 Å². The van der Waals surface area contributed by atoms with Gasteiger partial charge in [-0.25, -0.2) is 0 Å². The zero-order valence-corrected chi connectivity index (χ0v) is 13.8. The second-order valence-corrected chi connectivity index (χ2v) is 5.38. The molecule has 0 aliphatic heterocycles. The van der Waals surface area contributed by atoms with Crippen molar-refractivity contribution in [1.29, 1.82) is 0 Å². The first-order chi connectivity index (χ1) is 12.3. The normalized spacial score (nSPS) is 10.6. The fourth-order valence-corrected chi connectivity index (χ4v) is 2.35. The van der Waals surface area contributed by atoms with Crippen molar-refractivity contribution in [2.75, 3.05) is 12.4 Å². The van der Waals surface area contributed by atoms with Crippen LogP contribution in [0, 0.1) is 0 Å². The van der Waals surface area contributed by atoms with Crippen molar-refractivity contribution in [3.05, 3.63) is 89.7 Å². The largest absolute Gasteiger partial charge is 0.497 e. The van der Waals surface area contributed by atoms with Crippen LogP contribution in [-0.4, -0.2) is 18.0 Å². The summed E-state index contributed by atoms with van der Waals surface area (Å²) in [4.78, 5) is 16.3. The maximum atomic E-state index is 12.3. The summed E-state index contributed by atoms with van der Waals surface area (Å²) in [5, 5.41) is 2.94. The first kappa shape index (κ1) is 16.5. The van der Waals surface area contributed by atoms with Crippen LogP contribution in [0.4, 0.5) is 5.69 Å². The lowest BCUT2D eigenvalue weighted by Crippen LogP contribution is -2.12. The van der Waals surface area contributed by atoms with Crippen LogP contribution in [-0.2, 0) is 0 Å². The summed E-state index contributed by atoms with van der Waals surface area (Å²) in [6, 6.07) is 18.8. The van der Waals surface area contributed by atoms with Gasteiger partial charge in [0.1, 0.15) is 5.75 Å². The second kappa shape index (κ2) is 7.93. The Morgan fingerprint density at radius 3 is 2.40 bits per heavy atom. The number of hydrogen-bond acceptors (Lipinski definition) is 3. The number of anilines is 1. The van der Waals surface area contributed by atoms with E-state index in [0.717, 1.165) is 22.6 Å². The smallest absolute Gasteiger partial charge is 0.255 e. The van der Waals surface area contributed by atoms with Crippen molar-refractivity contribution < 1.29 is 9.53 Å². The van der Waals surface area contributed by atoms with E-state index in [4.69, 9.17) is 4.74 Å². The highest BCUT2D eigenvalue weighted by Gasteiger charge is 2.07. The average Bonchev–Trinajstić information content (AvgIpc) is 2.68. The van der Waals surface area contributed by atoms with Gasteiger partial charge in [0.05, 0.1) is 7.11 Å². The van der Waals surface area contributed by atoms with Gasteiger partial charge in [-0.2, -0.15) is 0 Å². The molecule has 1 amide bonds. The Labute approximate surface area is 146 Å². The van der Waals surface area contributed by atoms with Crippen molar-refractivity contribution >= 4 is 23.7 Å². The molecule has 0 saturated heterocycles. The molecule has 0 saturated carbocycles. The molecule has 0 radical (unpaired) electrons. The summed E-state index contributed by atoms with van der Waals surface area (Å²) in [5.41, 5.74) is 3.31. The van der Waals surface area contributed by atoms with Crippen molar-refractivity contribution in [2.24, 2.45) is 0 Å². The number of ether oxygens (including phenoxy) is 1. The molecule has 25 heavy (non-hydrogen) atoms. The number of benzene rings is 2. The minimum absolute atomic E-state index is 0.160. The number of para-hydroxylation sites is 1. The van der Waals surface area contributed by atoms with Crippen LogP contribution < -0.4 is 10.1 Å². The lowest BCUT2D eigenvalue weighted by atomic mass is 10.1. The van der Waals surface area contributed by atoms with Crippen LogP contribution in [0.2, 0.25) is 0 Å². The number of carbonyl (C=O) groups is 1. The molecular formula is C21H18N2O2. The third-order valence-corrected chi connectivity index (χ3v) is 3.72. The molecule has 2 aromatic carbocycles. The number of amides is 1. The number of carbonyl (C=O) groups excluding carboxylic acids is 1. The van der Waals surface area contributed by atoms with Crippen molar-refractivity contribution in [2.45, 2.75) is 0 Å². The summed E-state index contributed by atoms with van der Waals surface area (Å²) in [5.74, 6) is 0.662. The van der Waals surface area contributed by atoms with Crippen molar-refractivity contribution in [1.82, 2.24) is 4.98 Å². The second-order valence-electron chi connectivity index (χ2n) is 5.38. The van der Waals surface area contributed by atoms with Gasteiger partial charge in [-0.1, -0.05) is 42.5 Å². The third kappa shape index (κ3) is 4.32. The molecule has 0 spiro atoms. The molecule has 0 aliphatic rings. The Kier molecular flexibility index (Phi) is 5.22. The van der Waals surface area contributed by atoms with Gasteiger partial charge in [0.2, 0.25) is 0 Å². The van der Waals surface area contributed by atoms with E-state index in [-0.39, 0.29) is 5.91 Å². The van der Waals surface area contributed by atoms with Crippen molar-refractivity contribution in [3.63, 3.8) is 0 Å². The fourth-order valence-electron chi connectivity index (χ4n) is 2.35. The van der Waals surface area contributed by atoms with Gasteiger partial charge in [0, 0.05) is 23.6 Å². The van der Waals surface area contributed by atoms with E-state index < -0.39 is 0 Å². The highest BCUT2D eigenvalue weighted by molar-refractivity contribution is 6.05. The lowest BCUT2D eigenvalue weighted by molar-refractivity contribution is 0.102. The first-order valence-electron chi connectivity index (χ1n) is 7.89. The predicted molar refractivity (Wildman–Crippen MR) is 101 cm³/mol. The van der Waals surface area contributed by atoms with E-state index in [9.17, 15) is 4.79 Å². The SMILES string of the molecule is COc1ccc(/C=C/c2ccccc2NC(=O)c2ccncc2)cc1. The van der Waals surface area contributed by atoms with Gasteiger partial charge >= 0.3 is 0 Å².